The van der Waals surface area contributed by atoms with E-state index >= 15 is 0 Å². The quantitative estimate of drug-likeness (QED) is 0.771. The number of hydrogen-bond donors (Lipinski definition) is 2. The van der Waals surface area contributed by atoms with Gasteiger partial charge in [0.2, 0.25) is 5.91 Å². The molecule has 0 aromatic carbocycles. The van der Waals surface area contributed by atoms with Crippen LogP contribution in [-0.4, -0.2) is 26.7 Å². The highest BCUT2D eigenvalue weighted by atomic mass is 35.5. The maximum absolute atomic E-state index is 12.5. The molecule has 0 spiro atoms. The smallest absolute Gasteiger partial charge is 0.228 e. The van der Waals surface area contributed by atoms with Crippen LogP contribution in [0.4, 0.5) is 5.82 Å². The molecule has 0 unspecified atom stereocenters. The Labute approximate surface area is 176 Å². The van der Waals surface area contributed by atoms with Crippen molar-refractivity contribution < 1.29 is 4.79 Å². The summed E-state index contributed by atoms with van der Waals surface area (Å²) in [5.41, 5.74) is 9.09. The lowest BCUT2D eigenvalue weighted by molar-refractivity contribution is -0.120. The summed E-state index contributed by atoms with van der Waals surface area (Å²) in [6, 6.07) is 1.97. The maximum atomic E-state index is 12.5. The van der Waals surface area contributed by atoms with Gasteiger partial charge in [0.15, 0.2) is 0 Å². The molecular weight excluding hydrogens is 409 g/mol. The van der Waals surface area contributed by atoms with Crippen LogP contribution in [0.25, 0.3) is 11.1 Å². The van der Waals surface area contributed by atoms with Crippen molar-refractivity contribution in [1.29, 1.82) is 0 Å². The summed E-state index contributed by atoms with van der Waals surface area (Å²) < 4.78 is 2.02. The van der Waals surface area contributed by atoms with E-state index in [-0.39, 0.29) is 42.7 Å². The van der Waals surface area contributed by atoms with Gasteiger partial charge < -0.3 is 11.1 Å². The Morgan fingerprint density at radius 3 is 2.81 bits per heavy atom. The van der Waals surface area contributed by atoms with Gasteiger partial charge in [0.05, 0.1) is 11.2 Å². The van der Waals surface area contributed by atoms with Crippen molar-refractivity contribution in [2.24, 2.45) is 11.7 Å². The molecule has 2 aliphatic rings. The number of rotatable bonds is 3. The largest absolute Gasteiger partial charge is 0.328 e. The zero-order valence-electron chi connectivity index (χ0n) is 14.9. The first-order valence-electron chi connectivity index (χ1n) is 8.89. The fraction of sp³-hybridized carbons (Fsp3) is 0.500. The van der Waals surface area contributed by atoms with Crippen LogP contribution < -0.4 is 11.1 Å². The highest BCUT2D eigenvalue weighted by molar-refractivity contribution is 6.33. The van der Waals surface area contributed by atoms with Gasteiger partial charge in [0.25, 0.3) is 0 Å². The molecule has 0 radical (unpaired) electrons. The van der Waals surface area contributed by atoms with Gasteiger partial charge in [0, 0.05) is 41.5 Å². The number of carbonyl (C=O) groups excluding carboxylic acids is 1. The van der Waals surface area contributed by atoms with Crippen LogP contribution in [0.2, 0.25) is 5.02 Å². The van der Waals surface area contributed by atoms with Crippen LogP contribution in [0.1, 0.15) is 37.8 Å². The molecule has 2 aromatic heterocycles. The molecule has 3 heterocycles. The lowest BCUT2D eigenvalue weighted by Crippen LogP contribution is -2.34. The van der Waals surface area contributed by atoms with E-state index in [2.05, 4.69) is 15.4 Å². The highest BCUT2D eigenvalue weighted by Gasteiger charge is 2.26. The maximum Gasteiger partial charge on any atom is 0.228 e. The molecule has 2 aromatic rings. The Morgan fingerprint density at radius 1 is 1.22 bits per heavy atom. The van der Waals surface area contributed by atoms with Crippen molar-refractivity contribution in [2.75, 3.05) is 5.32 Å². The number of fused-ring (bicyclic) bond motifs is 1. The number of nitrogens with zero attached hydrogens (tertiary/aromatic N) is 3. The normalized spacial score (nSPS) is 21.0. The third-order valence-electron chi connectivity index (χ3n) is 5.21. The summed E-state index contributed by atoms with van der Waals surface area (Å²) in [6.45, 7) is 0.948. The Balaban J connectivity index is 0.00000131. The summed E-state index contributed by atoms with van der Waals surface area (Å²) in [7, 11) is 0. The molecule has 2 atom stereocenters. The van der Waals surface area contributed by atoms with Crippen molar-refractivity contribution in [2.45, 2.75) is 51.1 Å². The number of aromatic nitrogens is 3. The minimum absolute atomic E-state index is 0. The van der Waals surface area contributed by atoms with E-state index in [1.165, 1.54) is 5.69 Å². The first kappa shape index (κ1) is 22.0. The van der Waals surface area contributed by atoms with Gasteiger partial charge in [-0.1, -0.05) is 18.0 Å². The van der Waals surface area contributed by atoms with Crippen molar-refractivity contribution >= 4 is 48.1 Å². The Kier molecular flexibility index (Phi) is 7.51. The minimum atomic E-state index is -0.0370. The van der Waals surface area contributed by atoms with Crippen molar-refractivity contribution in [3.8, 4) is 11.1 Å². The second kappa shape index (κ2) is 9.24. The van der Waals surface area contributed by atoms with Gasteiger partial charge in [-0.25, -0.2) is 4.98 Å². The standard InChI is InChI=1S/C18H22ClN5O.2ClH/c19-15-10-21-17(23-18(25)11-3-1-4-12(20)7-11)8-13(15)14-9-22-24-6-2-5-16(14)24;;/h8-12H,1-7,20H2,(H,21,23,25);2*1H/t11-,12+;;/m0../s1. The van der Waals surface area contributed by atoms with E-state index in [1.54, 1.807) is 6.20 Å². The van der Waals surface area contributed by atoms with Crippen LogP contribution in [0, 0.1) is 5.92 Å². The molecule has 27 heavy (non-hydrogen) atoms. The summed E-state index contributed by atoms with van der Waals surface area (Å²) in [6.07, 6.45) is 9.17. The molecule has 0 bridgehead atoms. The van der Waals surface area contributed by atoms with Gasteiger partial charge in [-0.3, -0.25) is 9.48 Å². The van der Waals surface area contributed by atoms with E-state index in [9.17, 15) is 4.79 Å². The molecule has 0 saturated heterocycles. The molecule has 1 amide bonds. The molecule has 1 aliphatic heterocycles. The molecule has 1 fully saturated rings. The number of carbonyl (C=O) groups is 1. The molecule has 148 valence electrons. The molecular formula is C18H24Cl3N5O. The molecule has 1 aliphatic carbocycles. The topological polar surface area (TPSA) is 85.8 Å². The fourth-order valence-electron chi connectivity index (χ4n) is 3.90. The highest BCUT2D eigenvalue weighted by Crippen LogP contribution is 2.34. The van der Waals surface area contributed by atoms with Crippen molar-refractivity contribution in [3.63, 3.8) is 0 Å². The molecule has 3 N–H and O–H groups in total. The van der Waals surface area contributed by atoms with Crippen LogP contribution in [-0.2, 0) is 17.8 Å². The van der Waals surface area contributed by atoms with Gasteiger partial charge in [0.1, 0.15) is 5.82 Å². The third kappa shape index (κ3) is 4.57. The van der Waals surface area contributed by atoms with Gasteiger partial charge in [-0.05, 0) is 38.2 Å². The number of aryl methyl sites for hydroxylation is 1. The first-order chi connectivity index (χ1) is 12.1. The van der Waals surface area contributed by atoms with Gasteiger partial charge in [-0.2, -0.15) is 5.10 Å². The number of nitrogens with two attached hydrogens (primary N) is 1. The lowest BCUT2D eigenvalue weighted by atomic mass is 9.85. The van der Waals surface area contributed by atoms with Crippen LogP contribution in [0.15, 0.2) is 18.5 Å². The predicted molar refractivity (Wildman–Crippen MR) is 112 cm³/mol. The minimum Gasteiger partial charge on any atom is -0.328 e. The Hall–Kier alpha value is -1.34. The second-order valence-electron chi connectivity index (χ2n) is 6.99. The zero-order chi connectivity index (χ0) is 17.4. The van der Waals surface area contributed by atoms with Crippen LogP contribution >= 0.6 is 36.4 Å². The molecule has 4 rings (SSSR count). The van der Waals surface area contributed by atoms with Gasteiger partial charge in [-0.15, -0.1) is 24.8 Å². The SMILES string of the molecule is Cl.Cl.N[C@@H]1CCC[C@H](C(=O)Nc2cc(-c3cnn4c3CCC4)c(Cl)cn2)C1. The number of halogens is 3. The number of amides is 1. The van der Waals surface area contributed by atoms with Gasteiger partial charge >= 0.3 is 0 Å². The summed E-state index contributed by atoms with van der Waals surface area (Å²) in [5.74, 6) is 0.489. The first-order valence-corrected chi connectivity index (χ1v) is 9.26. The summed E-state index contributed by atoms with van der Waals surface area (Å²) >= 11 is 6.36. The Morgan fingerprint density at radius 2 is 2.04 bits per heavy atom. The average Bonchev–Trinajstić information content (AvgIpc) is 3.20. The van der Waals surface area contributed by atoms with Crippen LogP contribution in [0.3, 0.4) is 0 Å². The van der Waals surface area contributed by atoms with E-state index in [1.807, 2.05) is 16.9 Å². The summed E-state index contributed by atoms with van der Waals surface area (Å²) in [5, 5.41) is 7.93. The zero-order valence-corrected chi connectivity index (χ0v) is 17.2. The van der Waals surface area contributed by atoms with Crippen molar-refractivity contribution in [3.05, 3.63) is 29.2 Å². The van der Waals surface area contributed by atoms with E-state index in [0.29, 0.717) is 10.8 Å². The lowest BCUT2D eigenvalue weighted by Gasteiger charge is -2.25. The molecule has 6 nitrogen and oxygen atoms in total. The predicted octanol–water partition coefficient (Wildman–Crippen LogP) is 3.84. The molecule has 1 saturated carbocycles. The third-order valence-corrected chi connectivity index (χ3v) is 5.52. The fourth-order valence-corrected chi connectivity index (χ4v) is 4.10. The van der Waals surface area contributed by atoms with Crippen LogP contribution in [0.5, 0.6) is 0 Å². The van der Waals surface area contributed by atoms with E-state index in [0.717, 1.165) is 56.2 Å². The molecule has 9 heteroatoms. The van der Waals surface area contributed by atoms with Crippen molar-refractivity contribution in [1.82, 2.24) is 14.8 Å². The second-order valence-corrected chi connectivity index (χ2v) is 7.40. The average molecular weight is 433 g/mol. The van der Waals surface area contributed by atoms with E-state index < -0.39 is 0 Å². The number of hydrogen-bond acceptors (Lipinski definition) is 4. The number of anilines is 1. The number of pyridine rings is 1. The Bertz CT molecular complexity index is 810. The summed E-state index contributed by atoms with van der Waals surface area (Å²) in [4.78, 5) is 16.8. The number of nitrogens with one attached hydrogen (secondary N) is 1. The monoisotopic (exact) mass is 431 g/mol. The van der Waals surface area contributed by atoms with E-state index in [4.69, 9.17) is 17.3 Å².